The van der Waals surface area contributed by atoms with Gasteiger partial charge in [-0.1, -0.05) is 42.5 Å². The number of rotatable bonds is 8. The number of ether oxygens (including phenoxy) is 1. The van der Waals surface area contributed by atoms with Crippen LogP contribution in [0.3, 0.4) is 0 Å². The minimum Gasteiger partial charge on any atom is -1.00 e. The summed E-state index contributed by atoms with van der Waals surface area (Å²) in [6, 6.07) is 25.4. The van der Waals surface area contributed by atoms with Crippen molar-refractivity contribution in [1.82, 2.24) is 0 Å². The summed E-state index contributed by atoms with van der Waals surface area (Å²) in [4.78, 5) is 15.5. The molecule has 0 bridgehead atoms. The average molecular weight is 704 g/mol. The Kier molecular flexibility index (Phi) is 11.4. The predicted molar refractivity (Wildman–Crippen MR) is 174 cm³/mol. The first kappa shape index (κ1) is 32.6. The maximum atomic E-state index is 11.1. The van der Waals surface area contributed by atoms with Crippen LogP contribution < -0.4 is 48.7 Å². The molecule has 1 aliphatic rings. The van der Waals surface area contributed by atoms with Gasteiger partial charge in [-0.25, -0.2) is 4.79 Å². The van der Waals surface area contributed by atoms with Crippen LogP contribution in [0, 0.1) is 0 Å². The van der Waals surface area contributed by atoms with Crippen LogP contribution in [0.25, 0.3) is 28.1 Å². The fraction of sp³-hybridized carbons (Fsp3) is 0.222. The van der Waals surface area contributed by atoms with Crippen molar-refractivity contribution in [2.45, 2.75) is 34.2 Å². The standard InChI is InChI=1S/C23H23N2O2.C13H15NO2.HI/c1-3-24-18-12-8-10-14-20(18)26-22(24)16-6-5-7-17-23-25(4-2)19-13-9-11-15-21(19)27-23;1-3-14(4-2)11-7-5-10-6-8-13(15)16-12(10)9-11;/h5-17H,3-4H2,1-2H3;5-9H,3-4H2,1-2H3;1H/q+1;;/p-1. The number of hydrogen-bond acceptors (Lipinski definition) is 6. The van der Waals surface area contributed by atoms with E-state index < -0.39 is 0 Å². The van der Waals surface area contributed by atoms with Gasteiger partial charge in [0.05, 0.1) is 11.8 Å². The molecule has 0 saturated carbocycles. The molecule has 8 heteroatoms. The van der Waals surface area contributed by atoms with E-state index in [2.05, 4.69) is 60.3 Å². The number of hydrogen-bond donors (Lipinski definition) is 0. The van der Waals surface area contributed by atoms with Crippen molar-refractivity contribution in [2.75, 3.05) is 29.4 Å². The zero-order chi connectivity index (χ0) is 30.2. The maximum Gasteiger partial charge on any atom is 0.374 e. The van der Waals surface area contributed by atoms with Gasteiger partial charge in [-0.3, -0.25) is 0 Å². The topological polar surface area (TPSA) is 62.9 Å². The number of nitrogens with zero attached hydrogens (tertiary/aromatic N) is 3. The van der Waals surface area contributed by atoms with E-state index >= 15 is 0 Å². The van der Waals surface area contributed by atoms with Crippen molar-refractivity contribution in [3.8, 4) is 5.75 Å². The van der Waals surface area contributed by atoms with Crippen molar-refractivity contribution in [2.24, 2.45) is 0 Å². The van der Waals surface area contributed by atoms with Crippen molar-refractivity contribution >= 4 is 39.5 Å². The summed E-state index contributed by atoms with van der Waals surface area (Å²) in [6.45, 7) is 12.1. The van der Waals surface area contributed by atoms with Crippen molar-refractivity contribution in [1.29, 1.82) is 0 Å². The average Bonchev–Trinajstić information content (AvgIpc) is 3.58. The fourth-order valence-electron chi connectivity index (χ4n) is 5.18. The highest BCUT2D eigenvalue weighted by atomic mass is 127. The summed E-state index contributed by atoms with van der Waals surface area (Å²) in [5.41, 5.74) is 4.57. The monoisotopic (exact) mass is 703 g/mol. The molecular formula is C36H38IN3O4. The van der Waals surface area contributed by atoms with E-state index in [1.165, 1.54) is 6.07 Å². The lowest BCUT2D eigenvalue weighted by Crippen LogP contribution is -3.00. The van der Waals surface area contributed by atoms with E-state index in [0.29, 0.717) is 5.58 Å². The van der Waals surface area contributed by atoms with Gasteiger partial charge in [0.1, 0.15) is 12.1 Å². The number of aryl methyl sites for hydroxylation is 1. The Morgan fingerprint density at radius 3 is 2.34 bits per heavy atom. The van der Waals surface area contributed by atoms with E-state index in [1.807, 2.05) is 78.9 Å². The molecule has 0 N–H and O–H groups in total. The van der Waals surface area contributed by atoms with Gasteiger partial charge < -0.3 is 47.3 Å². The van der Waals surface area contributed by atoms with Gasteiger partial charge in [0.15, 0.2) is 5.75 Å². The summed E-state index contributed by atoms with van der Waals surface area (Å²) in [5, 5.41) is 0.954. The van der Waals surface area contributed by atoms with E-state index in [9.17, 15) is 4.79 Å². The molecule has 0 saturated heterocycles. The smallest absolute Gasteiger partial charge is 0.374 e. The second-order valence-electron chi connectivity index (χ2n) is 9.86. The molecule has 0 amide bonds. The minimum absolute atomic E-state index is 0. The predicted octanol–water partition coefficient (Wildman–Crippen LogP) is 4.71. The molecule has 0 unspecified atom stereocenters. The van der Waals surface area contributed by atoms with Gasteiger partial charge >= 0.3 is 11.5 Å². The van der Waals surface area contributed by atoms with Crippen LogP contribution in [0.5, 0.6) is 5.75 Å². The Balaban J connectivity index is 0.000000223. The van der Waals surface area contributed by atoms with Gasteiger partial charge in [-0.15, -0.1) is 0 Å². The van der Waals surface area contributed by atoms with Gasteiger partial charge in [0.2, 0.25) is 11.5 Å². The number of para-hydroxylation sites is 4. The van der Waals surface area contributed by atoms with Crippen LogP contribution in [0.15, 0.2) is 123 Å². The van der Waals surface area contributed by atoms with Gasteiger partial charge in [-0.05, 0) is 70.2 Å². The SMILES string of the molecule is CCN(CC)c1ccc2ccc(=O)oc2c1.CCN1C(=CC=CC=Cc2oc3ccccc3[n+]2CC)Oc2ccccc21.[I-]. The zero-order valence-electron chi connectivity index (χ0n) is 25.6. The highest BCUT2D eigenvalue weighted by molar-refractivity contribution is 5.80. The third kappa shape index (κ3) is 7.24. The number of anilines is 2. The van der Waals surface area contributed by atoms with Crippen molar-refractivity contribution < 1.29 is 42.1 Å². The van der Waals surface area contributed by atoms with E-state index in [4.69, 9.17) is 13.6 Å². The second-order valence-corrected chi connectivity index (χ2v) is 9.86. The highest BCUT2D eigenvalue weighted by Gasteiger charge is 2.23. The molecule has 0 aliphatic carbocycles. The summed E-state index contributed by atoms with van der Waals surface area (Å²) in [7, 11) is 0. The molecule has 44 heavy (non-hydrogen) atoms. The van der Waals surface area contributed by atoms with Crippen molar-refractivity contribution in [3.05, 3.63) is 125 Å². The number of aromatic nitrogens is 1. The second kappa shape index (κ2) is 15.4. The first-order valence-corrected chi connectivity index (χ1v) is 14.9. The quantitative estimate of drug-likeness (QED) is 0.101. The molecule has 0 fully saturated rings. The maximum absolute atomic E-state index is 11.1. The van der Waals surface area contributed by atoms with Gasteiger partial charge in [0, 0.05) is 48.9 Å². The molecule has 3 aromatic carbocycles. The molecule has 3 heterocycles. The van der Waals surface area contributed by atoms with E-state index in [1.54, 1.807) is 6.07 Å². The van der Waals surface area contributed by atoms with E-state index in [-0.39, 0.29) is 29.6 Å². The Hall–Kier alpha value is -4.31. The minimum atomic E-state index is -0.302. The summed E-state index contributed by atoms with van der Waals surface area (Å²) in [6.07, 6.45) is 9.93. The molecule has 0 spiro atoms. The first-order valence-electron chi connectivity index (χ1n) is 14.9. The molecule has 2 aromatic heterocycles. The number of allylic oxidation sites excluding steroid dienone is 4. The van der Waals surface area contributed by atoms with Crippen LogP contribution in [0.1, 0.15) is 33.6 Å². The molecule has 0 atom stereocenters. The molecule has 5 aromatic rings. The van der Waals surface area contributed by atoms with Crippen LogP contribution in [-0.4, -0.2) is 19.6 Å². The number of oxazole rings is 1. The molecule has 6 rings (SSSR count). The van der Waals surface area contributed by atoms with Crippen molar-refractivity contribution in [3.63, 3.8) is 0 Å². The molecule has 228 valence electrons. The van der Waals surface area contributed by atoms with Crippen LogP contribution >= 0.6 is 0 Å². The Bertz CT molecular complexity index is 1850. The lowest BCUT2D eigenvalue weighted by atomic mass is 10.2. The Morgan fingerprint density at radius 1 is 0.818 bits per heavy atom. The number of benzene rings is 3. The number of fused-ring (bicyclic) bond motifs is 3. The lowest BCUT2D eigenvalue weighted by molar-refractivity contribution is -0.674. The zero-order valence-corrected chi connectivity index (χ0v) is 27.7. The molecule has 1 aliphatic heterocycles. The molecular weight excluding hydrogens is 665 g/mol. The summed E-state index contributed by atoms with van der Waals surface area (Å²) < 4.78 is 19.2. The normalized spacial score (nSPS) is 13.3. The third-order valence-corrected chi connectivity index (χ3v) is 7.34. The Morgan fingerprint density at radius 2 is 1.57 bits per heavy atom. The lowest BCUT2D eigenvalue weighted by Gasteiger charge is -2.20. The first-order chi connectivity index (χ1) is 21.1. The largest absolute Gasteiger partial charge is 1.00 e. The number of halogens is 1. The molecule has 0 radical (unpaired) electrons. The Labute approximate surface area is 275 Å². The van der Waals surface area contributed by atoms with Gasteiger partial charge in [-0.2, -0.15) is 4.57 Å². The van der Waals surface area contributed by atoms with E-state index in [0.717, 1.165) is 71.6 Å². The van der Waals surface area contributed by atoms with Crippen LogP contribution in [-0.2, 0) is 6.54 Å². The van der Waals surface area contributed by atoms with Gasteiger partial charge in [0.25, 0.3) is 5.52 Å². The highest BCUT2D eigenvalue weighted by Crippen LogP contribution is 2.38. The molecule has 7 nitrogen and oxygen atoms in total. The van der Waals surface area contributed by atoms with Crippen LogP contribution in [0.2, 0.25) is 0 Å². The summed E-state index contributed by atoms with van der Waals surface area (Å²) >= 11 is 0. The van der Waals surface area contributed by atoms with Crippen LogP contribution in [0.4, 0.5) is 11.4 Å². The summed E-state index contributed by atoms with van der Waals surface area (Å²) in [5.74, 6) is 2.59. The fourth-order valence-corrected chi connectivity index (χ4v) is 5.18. The third-order valence-electron chi connectivity index (χ3n) is 7.34.